The highest BCUT2D eigenvalue weighted by Crippen LogP contribution is 2.41. The van der Waals surface area contributed by atoms with Gasteiger partial charge >= 0.3 is 0 Å². The van der Waals surface area contributed by atoms with Gasteiger partial charge in [0.25, 0.3) is 0 Å². The topological polar surface area (TPSA) is 33.3 Å². The molecule has 3 fully saturated rings. The molecule has 0 bridgehead atoms. The Morgan fingerprint density at radius 2 is 1.86 bits per heavy atom. The van der Waals surface area contributed by atoms with Gasteiger partial charge in [-0.05, 0) is 19.4 Å². The highest BCUT2D eigenvalue weighted by atomic mass is 16.5. The van der Waals surface area contributed by atoms with Gasteiger partial charge in [0.15, 0.2) is 0 Å². The first-order valence-electron chi connectivity index (χ1n) is 5.92. The smallest absolute Gasteiger partial charge is 0.133 e. The molecule has 1 aliphatic carbocycles. The summed E-state index contributed by atoms with van der Waals surface area (Å²) in [7, 11) is 0. The molecule has 2 aliphatic heterocycles. The van der Waals surface area contributed by atoms with Crippen LogP contribution < -0.4 is 10.6 Å². The van der Waals surface area contributed by atoms with E-state index in [4.69, 9.17) is 4.74 Å². The van der Waals surface area contributed by atoms with Gasteiger partial charge < -0.3 is 10.1 Å². The molecule has 3 heteroatoms. The first kappa shape index (κ1) is 9.13. The summed E-state index contributed by atoms with van der Waals surface area (Å²) in [6, 6.07) is 0. The fourth-order valence-electron chi connectivity index (χ4n) is 3.13. The number of rotatable bonds is 0. The zero-order valence-corrected chi connectivity index (χ0v) is 8.77. The van der Waals surface area contributed by atoms with Crippen LogP contribution >= 0.6 is 0 Å². The highest BCUT2D eigenvalue weighted by Gasteiger charge is 2.45. The van der Waals surface area contributed by atoms with Crippen LogP contribution in [0.1, 0.15) is 32.1 Å². The minimum absolute atomic E-state index is 0.00611. The molecule has 0 aromatic rings. The van der Waals surface area contributed by atoms with Crippen LogP contribution in [-0.4, -0.2) is 32.0 Å². The lowest BCUT2D eigenvalue weighted by Gasteiger charge is -2.43. The molecule has 2 N–H and O–H groups in total. The molecule has 2 saturated heterocycles. The number of ether oxygens (including phenoxy) is 1. The number of hydrogen-bond donors (Lipinski definition) is 2. The summed E-state index contributed by atoms with van der Waals surface area (Å²) in [5.74, 6) is 0. The van der Waals surface area contributed by atoms with Crippen molar-refractivity contribution in [2.45, 2.75) is 37.8 Å². The maximum absolute atomic E-state index is 6.09. The first-order chi connectivity index (χ1) is 6.83. The van der Waals surface area contributed by atoms with Crippen LogP contribution in [0, 0.1) is 5.41 Å². The maximum atomic E-state index is 6.09. The zero-order valence-electron chi connectivity index (χ0n) is 8.77. The van der Waals surface area contributed by atoms with Gasteiger partial charge in [0.05, 0.1) is 6.61 Å². The van der Waals surface area contributed by atoms with Gasteiger partial charge in [0, 0.05) is 24.9 Å². The van der Waals surface area contributed by atoms with Crippen molar-refractivity contribution in [2.75, 3.05) is 26.2 Å². The summed E-state index contributed by atoms with van der Waals surface area (Å²) in [4.78, 5) is 0. The average Bonchev–Trinajstić information content (AvgIpc) is 2.81. The van der Waals surface area contributed by atoms with Crippen molar-refractivity contribution in [3.8, 4) is 0 Å². The largest absolute Gasteiger partial charge is 0.359 e. The summed E-state index contributed by atoms with van der Waals surface area (Å²) in [5, 5.41) is 7.02. The molecule has 3 aliphatic rings. The molecule has 0 amide bonds. The normalized spacial score (nSPS) is 41.1. The van der Waals surface area contributed by atoms with Crippen molar-refractivity contribution in [3.63, 3.8) is 0 Å². The lowest BCUT2D eigenvalue weighted by atomic mass is 9.85. The minimum atomic E-state index is -0.00611. The van der Waals surface area contributed by atoms with Crippen molar-refractivity contribution in [1.82, 2.24) is 10.6 Å². The van der Waals surface area contributed by atoms with Crippen LogP contribution in [0.2, 0.25) is 0 Å². The average molecular weight is 196 g/mol. The Hall–Kier alpha value is -0.120. The Morgan fingerprint density at radius 3 is 2.43 bits per heavy atom. The van der Waals surface area contributed by atoms with Gasteiger partial charge in [-0.3, -0.25) is 5.32 Å². The lowest BCUT2D eigenvalue weighted by molar-refractivity contribution is -0.132. The van der Waals surface area contributed by atoms with Crippen LogP contribution in [0.15, 0.2) is 0 Å². The number of nitrogens with one attached hydrogen (secondary N) is 2. The van der Waals surface area contributed by atoms with Gasteiger partial charge in [0.1, 0.15) is 5.72 Å². The van der Waals surface area contributed by atoms with E-state index in [-0.39, 0.29) is 5.72 Å². The molecule has 2 heterocycles. The third kappa shape index (κ3) is 1.38. The van der Waals surface area contributed by atoms with E-state index in [0.717, 1.165) is 26.1 Å². The quantitative estimate of drug-likeness (QED) is 0.603. The van der Waals surface area contributed by atoms with E-state index in [0.29, 0.717) is 5.41 Å². The molecule has 1 atom stereocenters. The van der Waals surface area contributed by atoms with Crippen molar-refractivity contribution in [3.05, 3.63) is 0 Å². The van der Waals surface area contributed by atoms with E-state index in [9.17, 15) is 0 Å². The maximum Gasteiger partial charge on any atom is 0.133 e. The molecule has 3 rings (SSSR count). The molecular weight excluding hydrogens is 176 g/mol. The summed E-state index contributed by atoms with van der Waals surface area (Å²) in [5.41, 5.74) is 0.488. The van der Waals surface area contributed by atoms with Crippen molar-refractivity contribution < 1.29 is 4.74 Å². The molecule has 14 heavy (non-hydrogen) atoms. The predicted molar refractivity (Wildman–Crippen MR) is 55.1 cm³/mol. The Morgan fingerprint density at radius 1 is 1.00 bits per heavy atom. The zero-order chi connectivity index (χ0) is 9.49. The van der Waals surface area contributed by atoms with Gasteiger partial charge in [0.2, 0.25) is 0 Å². The molecule has 1 unspecified atom stereocenters. The minimum Gasteiger partial charge on any atom is -0.359 e. The lowest BCUT2D eigenvalue weighted by Crippen LogP contribution is -2.59. The SMILES string of the molecule is C1CCC2(C1)CNC1(CCNC1)OC2. The van der Waals surface area contributed by atoms with Gasteiger partial charge in [-0.1, -0.05) is 12.8 Å². The van der Waals surface area contributed by atoms with Crippen LogP contribution in [-0.2, 0) is 4.74 Å². The Bertz CT molecular complexity index is 181. The highest BCUT2D eigenvalue weighted by molar-refractivity contribution is 4.97. The van der Waals surface area contributed by atoms with Crippen LogP contribution in [0.25, 0.3) is 0 Å². The Labute approximate surface area is 85.6 Å². The fraction of sp³-hybridized carbons (Fsp3) is 1.00. The van der Waals surface area contributed by atoms with Crippen molar-refractivity contribution in [1.29, 1.82) is 0 Å². The van der Waals surface area contributed by atoms with E-state index in [1.54, 1.807) is 0 Å². The Kier molecular flexibility index (Phi) is 2.08. The van der Waals surface area contributed by atoms with E-state index in [1.807, 2.05) is 0 Å². The second-order valence-corrected chi connectivity index (χ2v) is 5.27. The predicted octanol–water partition coefficient (Wildman–Crippen LogP) is 0.856. The second-order valence-electron chi connectivity index (χ2n) is 5.27. The molecule has 0 radical (unpaired) electrons. The van der Waals surface area contributed by atoms with Crippen molar-refractivity contribution >= 4 is 0 Å². The molecule has 3 nitrogen and oxygen atoms in total. The van der Waals surface area contributed by atoms with Crippen LogP contribution in [0.5, 0.6) is 0 Å². The summed E-state index contributed by atoms with van der Waals surface area (Å²) in [6.07, 6.45) is 6.66. The third-order valence-corrected chi connectivity index (χ3v) is 4.22. The van der Waals surface area contributed by atoms with Crippen LogP contribution in [0.4, 0.5) is 0 Å². The molecule has 1 saturated carbocycles. The monoisotopic (exact) mass is 196 g/mol. The number of hydrogen-bond acceptors (Lipinski definition) is 3. The van der Waals surface area contributed by atoms with Gasteiger partial charge in [-0.15, -0.1) is 0 Å². The first-order valence-corrected chi connectivity index (χ1v) is 5.92. The summed E-state index contributed by atoms with van der Waals surface area (Å²) < 4.78 is 6.09. The summed E-state index contributed by atoms with van der Waals surface area (Å²) in [6.45, 7) is 4.25. The van der Waals surface area contributed by atoms with E-state index >= 15 is 0 Å². The van der Waals surface area contributed by atoms with E-state index in [2.05, 4.69) is 10.6 Å². The third-order valence-electron chi connectivity index (χ3n) is 4.22. The van der Waals surface area contributed by atoms with Gasteiger partial charge in [-0.2, -0.15) is 0 Å². The second kappa shape index (κ2) is 3.19. The van der Waals surface area contributed by atoms with E-state index < -0.39 is 0 Å². The van der Waals surface area contributed by atoms with Gasteiger partial charge in [-0.25, -0.2) is 0 Å². The fourth-order valence-corrected chi connectivity index (χ4v) is 3.13. The van der Waals surface area contributed by atoms with E-state index in [1.165, 1.54) is 32.2 Å². The molecule has 2 spiro atoms. The molecular formula is C11H20N2O. The van der Waals surface area contributed by atoms with Crippen LogP contribution in [0.3, 0.4) is 0 Å². The molecule has 0 aromatic heterocycles. The Balaban J connectivity index is 1.66. The summed E-state index contributed by atoms with van der Waals surface area (Å²) >= 11 is 0. The molecule has 0 aromatic carbocycles. The van der Waals surface area contributed by atoms with Crippen molar-refractivity contribution in [2.24, 2.45) is 5.41 Å². The standard InChI is InChI=1S/C11H20N2O/c1-2-4-10(3-1)7-13-11(14-9-10)5-6-12-8-11/h12-13H,1-9H2. The molecule has 80 valence electrons.